The fraction of sp³-hybridized carbons (Fsp3) is 0.682. The topological polar surface area (TPSA) is 73.0 Å². The Bertz CT molecular complexity index is 863. The number of benzene rings is 1. The second kappa shape index (κ2) is 8.75. The van der Waals surface area contributed by atoms with Gasteiger partial charge in [-0.25, -0.2) is 8.42 Å². The highest BCUT2D eigenvalue weighted by molar-refractivity contribution is 7.91. The molecule has 1 amide bonds. The van der Waals surface area contributed by atoms with Crippen molar-refractivity contribution in [2.75, 3.05) is 61.5 Å². The SMILES string of the molecule is CC(Nc1cccc(N2CCN(CC3CC3)CC2)c1)C(=O)N(C)C1CCS(=O)(=O)C1. The number of nitrogens with one attached hydrogen (secondary N) is 1. The van der Waals surface area contributed by atoms with Crippen molar-refractivity contribution in [3.8, 4) is 0 Å². The molecule has 166 valence electrons. The highest BCUT2D eigenvalue weighted by Crippen LogP contribution is 2.30. The largest absolute Gasteiger partial charge is 0.374 e. The number of likely N-dealkylation sites (N-methyl/N-ethyl adjacent to an activating group) is 1. The third kappa shape index (κ3) is 5.27. The second-order valence-electron chi connectivity index (χ2n) is 9.15. The maximum absolute atomic E-state index is 12.8. The third-order valence-electron chi connectivity index (χ3n) is 6.65. The number of hydrogen-bond donors (Lipinski definition) is 1. The zero-order valence-corrected chi connectivity index (χ0v) is 18.9. The summed E-state index contributed by atoms with van der Waals surface area (Å²) in [4.78, 5) is 19.4. The van der Waals surface area contributed by atoms with Gasteiger partial charge in [-0.15, -0.1) is 0 Å². The van der Waals surface area contributed by atoms with Crippen molar-refractivity contribution in [1.29, 1.82) is 0 Å². The standard InChI is InChI=1S/C22H34N4O3S/c1-17(22(27)24(2)21-8-13-30(28,29)16-21)23-19-4-3-5-20(14-19)26-11-9-25(10-12-26)15-18-6-7-18/h3-5,14,17-18,21,23H,6-13,15-16H2,1-2H3. The molecule has 1 saturated carbocycles. The molecule has 1 aromatic rings. The number of amides is 1. The molecule has 4 rings (SSSR count). The molecule has 3 fully saturated rings. The minimum Gasteiger partial charge on any atom is -0.374 e. The van der Waals surface area contributed by atoms with Crippen molar-refractivity contribution in [3.63, 3.8) is 0 Å². The second-order valence-corrected chi connectivity index (χ2v) is 11.4. The number of anilines is 2. The molecule has 0 radical (unpaired) electrons. The molecule has 3 aliphatic rings. The molecule has 2 atom stereocenters. The monoisotopic (exact) mass is 434 g/mol. The van der Waals surface area contributed by atoms with Gasteiger partial charge in [0, 0.05) is 57.2 Å². The van der Waals surface area contributed by atoms with Crippen LogP contribution < -0.4 is 10.2 Å². The van der Waals surface area contributed by atoms with Gasteiger partial charge in [-0.1, -0.05) is 6.07 Å². The minimum atomic E-state index is -3.01. The van der Waals surface area contributed by atoms with Gasteiger partial charge in [0.1, 0.15) is 6.04 Å². The molecule has 1 aromatic carbocycles. The first-order valence-electron chi connectivity index (χ1n) is 11.1. The van der Waals surface area contributed by atoms with Crippen LogP contribution in [-0.2, 0) is 14.6 Å². The third-order valence-corrected chi connectivity index (χ3v) is 8.40. The molecule has 1 aliphatic carbocycles. The Morgan fingerprint density at radius 2 is 1.93 bits per heavy atom. The Labute approximate surface area is 180 Å². The van der Waals surface area contributed by atoms with Crippen LogP contribution in [0.2, 0.25) is 0 Å². The predicted octanol–water partition coefficient (Wildman–Crippen LogP) is 1.66. The Hall–Kier alpha value is -1.80. The van der Waals surface area contributed by atoms with Crippen LogP contribution in [0.25, 0.3) is 0 Å². The summed E-state index contributed by atoms with van der Waals surface area (Å²) in [5.74, 6) is 1.11. The van der Waals surface area contributed by atoms with Crippen LogP contribution in [0.15, 0.2) is 24.3 Å². The van der Waals surface area contributed by atoms with Crippen LogP contribution in [0.5, 0.6) is 0 Å². The number of nitrogens with zero attached hydrogens (tertiary/aromatic N) is 3. The lowest BCUT2D eigenvalue weighted by Gasteiger charge is -2.36. The normalized spacial score (nSPS) is 25.1. The first-order chi connectivity index (χ1) is 14.3. The first-order valence-corrected chi connectivity index (χ1v) is 12.9. The van der Waals surface area contributed by atoms with E-state index in [-0.39, 0.29) is 23.5 Å². The quantitative estimate of drug-likeness (QED) is 0.704. The lowest BCUT2D eigenvalue weighted by molar-refractivity contribution is -0.132. The summed E-state index contributed by atoms with van der Waals surface area (Å²) in [5.41, 5.74) is 2.10. The number of rotatable bonds is 7. The molecular formula is C22H34N4O3S. The minimum absolute atomic E-state index is 0.0730. The molecule has 0 aromatic heterocycles. The van der Waals surface area contributed by atoms with E-state index in [1.165, 1.54) is 25.1 Å². The average molecular weight is 435 g/mol. The summed E-state index contributed by atoms with van der Waals surface area (Å²) in [6.07, 6.45) is 3.33. The molecule has 2 unspecified atom stereocenters. The number of sulfone groups is 1. The zero-order valence-electron chi connectivity index (χ0n) is 18.1. The van der Waals surface area contributed by atoms with Gasteiger partial charge in [-0.2, -0.15) is 0 Å². The Kier molecular flexibility index (Phi) is 6.25. The Morgan fingerprint density at radius 1 is 1.20 bits per heavy atom. The Balaban J connectivity index is 1.31. The molecule has 0 spiro atoms. The molecule has 2 heterocycles. The molecule has 1 N–H and O–H groups in total. The van der Waals surface area contributed by atoms with Crippen molar-refractivity contribution >= 4 is 27.1 Å². The van der Waals surface area contributed by atoms with Gasteiger partial charge in [0.15, 0.2) is 9.84 Å². The first kappa shape index (κ1) is 21.4. The van der Waals surface area contributed by atoms with Gasteiger partial charge in [0.05, 0.1) is 11.5 Å². The van der Waals surface area contributed by atoms with E-state index in [2.05, 4.69) is 27.2 Å². The van der Waals surface area contributed by atoms with Crippen LogP contribution in [0.4, 0.5) is 11.4 Å². The summed E-state index contributed by atoms with van der Waals surface area (Å²) in [6.45, 7) is 7.37. The Morgan fingerprint density at radius 3 is 2.57 bits per heavy atom. The molecule has 7 nitrogen and oxygen atoms in total. The van der Waals surface area contributed by atoms with Crippen molar-refractivity contribution in [2.24, 2.45) is 5.92 Å². The van der Waals surface area contributed by atoms with E-state index in [0.29, 0.717) is 6.42 Å². The van der Waals surface area contributed by atoms with E-state index in [1.807, 2.05) is 19.1 Å². The predicted molar refractivity (Wildman–Crippen MR) is 121 cm³/mol. The molecular weight excluding hydrogens is 400 g/mol. The summed E-state index contributed by atoms with van der Waals surface area (Å²) in [6, 6.07) is 7.62. The van der Waals surface area contributed by atoms with E-state index >= 15 is 0 Å². The van der Waals surface area contributed by atoms with Crippen molar-refractivity contribution in [1.82, 2.24) is 9.80 Å². The number of carbonyl (C=O) groups excluding carboxylic acids is 1. The van der Waals surface area contributed by atoms with Gasteiger partial charge in [0.25, 0.3) is 0 Å². The van der Waals surface area contributed by atoms with E-state index in [9.17, 15) is 13.2 Å². The zero-order chi connectivity index (χ0) is 21.3. The van der Waals surface area contributed by atoms with Crippen LogP contribution in [-0.4, -0.2) is 87.5 Å². The molecule has 8 heteroatoms. The number of piperazine rings is 1. The fourth-order valence-electron chi connectivity index (χ4n) is 4.52. The summed E-state index contributed by atoms with van der Waals surface area (Å²) in [5, 5.41) is 3.31. The highest BCUT2D eigenvalue weighted by Gasteiger charge is 2.34. The highest BCUT2D eigenvalue weighted by atomic mass is 32.2. The maximum atomic E-state index is 12.8. The van der Waals surface area contributed by atoms with Crippen LogP contribution >= 0.6 is 0 Å². The lowest BCUT2D eigenvalue weighted by Crippen LogP contribution is -2.47. The molecule has 2 saturated heterocycles. The van der Waals surface area contributed by atoms with E-state index in [1.54, 1.807) is 11.9 Å². The summed E-state index contributed by atoms with van der Waals surface area (Å²) >= 11 is 0. The maximum Gasteiger partial charge on any atom is 0.244 e. The van der Waals surface area contributed by atoms with Crippen LogP contribution in [0.3, 0.4) is 0 Å². The average Bonchev–Trinajstić information content (AvgIpc) is 3.47. The van der Waals surface area contributed by atoms with Crippen LogP contribution in [0, 0.1) is 5.92 Å². The lowest BCUT2D eigenvalue weighted by atomic mass is 10.1. The van der Waals surface area contributed by atoms with Gasteiger partial charge >= 0.3 is 0 Å². The van der Waals surface area contributed by atoms with E-state index < -0.39 is 15.9 Å². The molecule has 30 heavy (non-hydrogen) atoms. The smallest absolute Gasteiger partial charge is 0.244 e. The van der Waals surface area contributed by atoms with Crippen LogP contribution in [0.1, 0.15) is 26.2 Å². The fourth-order valence-corrected chi connectivity index (χ4v) is 6.30. The molecule has 2 aliphatic heterocycles. The summed E-state index contributed by atoms with van der Waals surface area (Å²) < 4.78 is 23.5. The van der Waals surface area contributed by atoms with Crippen molar-refractivity contribution < 1.29 is 13.2 Å². The van der Waals surface area contributed by atoms with Gasteiger partial charge < -0.3 is 15.1 Å². The van der Waals surface area contributed by atoms with Crippen molar-refractivity contribution in [2.45, 2.75) is 38.3 Å². The van der Waals surface area contributed by atoms with Crippen molar-refractivity contribution in [3.05, 3.63) is 24.3 Å². The van der Waals surface area contributed by atoms with Gasteiger partial charge in [-0.3, -0.25) is 9.69 Å². The van der Waals surface area contributed by atoms with E-state index in [4.69, 9.17) is 0 Å². The number of carbonyl (C=O) groups is 1. The van der Waals surface area contributed by atoms with Gasteiger partial charge in [0.2, 0.25) is 5.91 Å². The number of hydrogen-bond acceptors (Lipinski definition) is 6. The van der Waals surface area contributed by atoms with Gasteiger partial charge in [-0.05, 0) is 50.3 Å². The van der Waals surface area contributed by atoms with E-state index in [0.717, 1.165) is 37.8 Å². The summed E-state index contributed by atoms with van der Waals surface area (Å²) in [7, 11) is -1.30. The molecule has 0 bridgehead atoms.